The van der Waals surface area contributed by atoms with Gasteiger partial charge in [0.1, 0.15) is 0 Å². The summed E-state index contributed by atoms with van der Waals surface area (Å²) in [5, 5.41) is 6.82. The number of benzene rings is 1. The number of carbonyl (C=O) groups is 1. The van der Waals surface area contributed by atoms with Crippen LogP contribution >= 0.6 is 11.6 Å². The number of nitrogens with zero attached hydrogens (tertiary/aromatic N) is 3. The first-order chi connectivity index (χ1) is 16.9. The van der Waals surface area contributed by atoms with Crippen molar-refractivity contribution in [1.29, 1.82) is 0 Å². The Kier molecular flexibility index (Phi) is 6.52. The van der Waals surface area contributed by atoms with Crippen LogP contribution in [0.5, 0.6) is 0 Å². The van der Waals surface area contributed by atoms with Gasteiger partial charge in [-0.3, -0.25) is 18.9 Å². The minimum absolute atomic E-state index is 0.0389. The van der Waals surface area contributed by atoms with Crippen LogP contribution in [0.3, 0.4) is 0 Å². The van der Waals surface area contributed by atoms with Crippen LogP contribution in [0.15, 0.2) is 70.3 Å². The van der Waals surface area contributed by atoms with E-state index in [0.29, 0.717) is 23.1 Å². The Hall–Kier alpha value is -3.32. The van der Waals surface area contributed by atoms with Gasteiger partial charge in [0.05, 0.1) is 34.0 Å². The number of fused-ring (bicyclic) bond motifs is 1. The molecule has 0 spiro atoms. The molecule has 2 N–H and O–H groups in total. The SMILES string of the molecule is Cc1ccc(-n2c(=O)n(CC3CCC(NC(=O)C4=CC(Cl)=CNC4C)CC3)c3ccccc32)cn1. The van der Waals surface area contributed by atoms with Crippen LogP contribution < -0.4 is 16.3 Å². The Morgan fingerprint density at radius 3 is 2.60 bits per heavy atom. The predicted molar refractivity (Wildman–Crippen MR) is 139 cm³/mol. The lowest BCUT2D eigenvalue weighted by atomic mass is 9.85. The molecule has 0 radical (unpaired) electrons. The first kappa shape index (κ1) is 23.4. The number of aromatic nitrogens is 3. The van der Waals surface area contributed by atoms with E-state index >= 15 is 0 Å². The monoisotopic (exact) mass is 491 g/mol. The van der Waals surface area contributed by atoms with Gasteiger partial charge in [-0.1, -0.05) is 23.7 Å². The van der Waals surface area contributed by atoms with Crippen molar-refractivity contribution >= 4 is 28.5 Å². The zero-order valence-electron chi connectivity index (χ0n) is 20.0. The van der Waals surface area contributed by atoms with E-state index in [4.69, 9.17) is 11.6 Å². The molecule has 1 unspecified atom stereocenters. The molecule has 5 rings (SSSR count). The largest absolute Gasteiger partial charge is 0.383 e. The molecule has 1 aliphatic heterocycles. The number of halogens is 1. The fourth-order valence-corrected chi connectivity index (χ4v) is 5.30. The predicted octanol–water partition coefficient (Wildman–Crippen LogP) is 4.17. The number of rotatable bonds is 5. The maximum Gasteiger partial charge on any atom is 0.333 e. The number of dihydropyridines is 1. The Balaban J connectivity index is 1.29. The van der Waals surface area contributed by atoms with Gasteiger partial charge in [0.15, 0.2) is 0 Å². The first-order valence-corrected chi connectivity index (χ1v) is 12.6. The summed E-state index contributed by atoms with van der Waals surface area (Å²) in [6.45, 7) is 4.55. The molecular weight excluding hydrogens is 462 g/mol. The van der Waals surface area contributed by atoms with Crippen molar-refractivity contribution in [2.24, 2.45) is 5.92 Å². The second-order valence-corrected chi connectivity index (χ2v) is 10.0. The molecule has 3 aromatic rings. The van der Waals surface area contributed by atoms with Crippen LogP contribution in [0.1, 0.15) is 38.3 Å². The van der Waals surface area contributed by atoms with E-state index in [1.807, 2.05) is 54.8 Å². The van der Waals surface area contributed by atoms with E-state index in [-0.39, 0.29) is 23.7 Å². The number of pyridine rings is 1. The van der Waals surface area contributed by atoms with Crippen LogP contribution in [0, 0.1) is 12.8 Å². The lowest BCUT2D eigenvalue weighted by Crippen LogP contribution is -2.43. The maximum absolute atomic E-state index is 13.5. The summed E-state index contributed by atoms with van der Waals surface area (Å²) < 4.78 is 3.65. The minimum Gasteiger partial charge on any atom is -0.383 e. The summed E-state index contributed by atoms with van der Waals surface area (Å²) >= 11 is 6.07. The summed E-state index contributed by atoms with van der Waals surface area (Å²) in [6, 6.07) is 11.8. The van der Waals surface area contributed by atoms with Gasteiger partial charge in [-0.2, -0.15) is 0 Å². The van der Waals surface area contributed by atoms with Gasteiger partial charge in [0, 0.05) is 30.1 Å². The fourth-order valence-electron chi connectivity index (χ4n) is 5.11. The summed E-state index contributed by atoms with van der Waals surface area (Å²) in [5.74, 6) is 0.314. The smallest absolute Gasteiger partial charge is 0.333 e. The third-order valence-electron chi connectivity index (χ3n) is 7.11. The standard InChI is InChI=1S/C27H30ClN5O2/c1-17-7-12-22(15-29-17)33-25-6-4-3-5-24(25)32(27(33)35)16-19-8-10-21(11-9-19)31-26(34)23-13-20(28)14-30-18(23)2/h3-7,12-15,18-19,21,30H,8-11,16H2,1-2H3,(H,31,34). The van der Waals surface area contributed by atoms with Gasteiger partial charge in [-0.05, 0) is 75.8 Å². The highest BCUT2D eigenvalue weighted by Gasteiger charge is 2.27. The van der Waals surface area contributed by atoms with Gasteiger partial charge in [0.2, 0.25) is 5.91 Å². The Morgan fingerprint density at radius 2 is 1.89 bits per heavy atom. The molecule has 1 aromatic carbocycles. The molecule has 0 saturated heterocycles. The van der Waals surface area contributed by atoms with Gasteiger partial charge < -0.3 is 10.6 Å². The number of hydrogen-bond donors (Lipinski definition) is 2. The molecule has 182 valence electrons. The molecule has 1 atom stereocenters. The van der Waals surface area contributed by atoms with Crippen molar-refractivity contribution in [3.05, 3.63) is 81.7 Å². The summed E-state index contributed by atoms with van der Waals surface area (Å²) in [4.78, 5) is 30.7. The normalized spacial score (nSPS) is 22.3. The van der Waals surface area contributed by atoms with Gasteiger partial charge in [-0.15, -0.1) is 0 Å². The van der Waals surface area contributed by atoms with Crippen LogP contribution in [0.2, 0.25) is 0 Å². The van der Waals surface area contributed by atoms with E-state index in [1.165, 1.54) is 0 Å². The Labute approximate surface area is 209 Å². The molecular formula is C27H30ClN5O2. The summed E-state index contributed by atoms with van der Waals surface area (Å²) in [7, 11) is 0. The number of allylic oxidation sites excluding steroid dienone is 2. The second kappa shape index (κ2) is 9.74. The molecule has 8 heteroatoms. The number of carbonyl (C=O) groups excluding carboxylic acids is 1. The van der Waals surface area contributed by atoms with E-state index in [1.54, 1.807) is 23.0 Å². The average Bonchev–Trinajstić information content (AvgIpc) is 3.13. The third kappa shape index (κ3) is 4.78. The molecule has 1 amide bonds. The molecule has 1 aliphatic carbocycles. The number of aryl methyl sites for hydroxylation is 1. The molecule has 3 heterocycles. The van der Waals surface area contributed by atoms with Crippen molar-refractivity contribution in [2.45, 2.75) is 58.2 Å². The lowest BCUT2D eigenvalue weighted by molar-refractivity contribution is -0.118. The summed E-state index contributed by atoms with van der Waals surface area (Å²) in [5.41, 5.74) is 4.13. The number of hydrogen-bond acceptors (Lipinski definition) is 4. The minimum atomic E-state index is -0.0678. The number of imidazole rings is 1. The third-order valence-corrected chi connectivity index (χ3v) is 7.32. The molecule has 2 aliphatic rings. The molecule has 1 saturated carbocycles. The number of para-hydroxylation sites is 2. The van der Waals surface area contributed by atoms with Crippen LogP contribution in [-0.2, 0) is 11.3 Å². The molecule has 1 fully saturated rings. The Morgan fingerprint density at radius 1 is 1.14 bits per heavy atom. The van der Waals surface area contributed by atoms with Gasteiger partial charge >= 0.3 is 5.69 Å². The fraction of sp³-hybridized carbons (Fsp3) is 0.370. The Bertz CT molecular complexity index is 1360. The number of amides is 1. The van der Waals surface area contributed by atoms with Gasteiger partial charge in [-0.25, -0.2) is 4.79 Å². The van der Waals surface area contributed by atoms with Crippen LogP contribution in [0.4, 0.5) is 0 Å². The number of nitrogens with one attached hydrogen (secondary N) is 2. The molecule has 2 aromatic heterocycles. The molecule has 35 heavy (non-hydrogen) atoms. The second-order valence-electron chi connectivity index (χ2n) is 9.58. The molecule has 7 nitrogen and oxygen atoms in total. The maximum atomic E-state index is 13.5. The van der Waals surface area contributed by atoms with Crippen molar-refractivity contribution in [3.63, 3.8) is 0 Å². The highest BCUT2D eigenvalue weighted by molar-refractivity contribution is 6.31. The quantitative estimate of drug-likeness (QED) is 0.561. The van der Waals surface area contributed by atoms with Crippen molar-refractivity contribution in [1.82, 2.24) is 24.8 Å². The van der Waals surface area contributed by atoms with Crippen molar-refractivity contribution < 1.29 is 4.79 Å². The first-order valence-electron chi connectivity index (χ1n) is 12.2. The van der Waals surface area contributed by atoms with Crippen molar-refractivity contribution in [3.8, 4) is 5.69 Å². The van der Waals surface area contributed by atoms with Crippen molar-refractivity contribution in [2.75, 3.05) is 0 Å². The zero-order valence-corrected chi connectivity index (χ0v) is 20.8. The topological polar surface area (TPSA) is 81.0 Å². The van der Waals surface area contributed by atoms with E-state index in [9.17, 15) is 9.59 Å². The van der Waals surface area contributed by atoms with E-state index in [2.05, 4.69) is 15.6 Å². The van der Waals surface area contributed by atoms with E-state index in [0.717, 1.165) is 48.1 Å². The van der Waals surface area contributed by atoms with E-state index < -0.39 is 0 Å². The average molecular weight is 492 g/mol. The highest BCUT2D eigenvalue weighted by atomic mass is 35.5. The lowest BCUT2D eigenvalue weighted by Gasteiger charge is -2.30. The molecule has 0 bridgehead atoms. The van der Waals surface area contributed by atoms with Gasteiger partial charge in [0.25, 0.3) is 0 Å². The van der Waals surface area contributed by atoms with Crippen LogP contribution in [0.25, 0.3) is 16.7 Å². The van der Waals surface area contributed by atoms with Crippen LogP contribution in [-0.4, -0.2) is 32.1 Å². The highest BCUT2D eigenvalue weighted by Crippen LogP contribution is 2.28. The zero-order chi connectivity index (χ0) is 24.5. The summed E-state index contributed by atoms with van der Waals surface area (Å²) in [6.07, 6.45) is 8.89.